The minimum Gasteiger partial charge on any atom is -0.337 e. The SMILES string of the molecule is O=C(c1cc2c(s1)CCC2)N1CCC2(CCNCC2)C1. The molecule has 2 fully saturated rings. The lowest BCUT2D eigenvalue weighted by atomic mass is 9.78. The predicted molar refractivity (Wildman–Crippen MR) is 81.4 cm³/mol. The lowest BCUT2D eigenvalue weighted by molar-refractivity contribution is 0.0766. The fraction of sp³-hybridized carbons (Fsp3) is 0.688. The molecule has 20 heavy (non-hydrogen) atoms. The second-order valence-electron chi connectivity index (χ2n) is 6.64. The van der Waals surface area contributed by atoms with Gasteiger partial charge in [-0.15, -0.1) is 11.3 Å². The van der Waals surface area contributed by atoms with Crippen LogP contribution in [0.1, 0.15) is 45.8 Å². The highest BCUT2D eigenvalue weighted by molar-refractivity contribution is 7.14. The predicted octanol–water partition coefficient (Wildman–Crippen LogP) is 2.45. The number of thiophene rings is 1. The molecule has 1 aromatic rings. The maximum Gasteiger partial charge on any atom is 0.263 e. The molecule has 3 aliphatic rings. The molecule has 1 amide bonds. The molecule has 3 heterocycles. The number of aryl methyl sites for hydroxylation is 2. The normalized spacial score (nSPS) is 24.3. The Kier molecular flexibility index (Phi) is 3.11. The average molecular weight is 290 g/mol. The lowest BCUT2D eigenvalue weighted by Gasteiger charge is -2.33. The molecule has 0 unspecified atom stereocenters. The zero-order chi connectivity index (χ0) is 13.6. The Labute approximate surface area is 124 Å². The number of likely N-dealkylation sites (tertiary alicyclic amines) is 1. The summed E-state index contributed by atoms with van der Waals surface area (Å²) >= 11 is 1.75. The van der Waals surface area contributed by atoms with E-state index in [-0.39, 0.29) is 0 Å². The van der Waals surface area contributed by atoms with Gasteiger partial charge in [-0.05, 0) is 68.7 Å². The molecule has 1 spiro atoms. The van der Waals surface area contributed by atoms with E-state index in [0.717, 1.165) is 31.1 Å². The van der Waals surface area contributed by atoms with Crippen LogP contribution in [0.4, 0.5) is 0 Å². The Morgan fingerprint density at radius 2 is 2.10 bits per heavy atom. The van der Waals surface area contributed by atoms with Crippen molar-refractivity contribution in [2.24, 2.45) is 5.41 Å². The topological polar surface area (TPSA) is 32.3 Å². The van der Waals surface area contributed by atoms with Crippen molar-refractivity contribution >= 4 is 17.2 Å². The van der Waals surface area contributed by atoms with Crippen molar-refractivity contribution in [3.63, 3.8) is 0 Å². The van der Waals surface area contributed by atoms with Crippen molar-refractivity contribution in [2.45, 2.75) is 38.5 Å². The second kappa shape index (κ2) is 4.85. The molecular weight excluding hydrogens is 268 g/mol. The van der Waals surface area contributed by atoms with Gasteiger partial charge in [0.15, 0.2) is 0 Å². The van der Waals surface area contributed by atoms with Crippen molar-refractivity contribution in [2.75, 3.05) is 26.2 Å². The molecule has 3 nitrogen and oxygen atoms in total. The Balaban J connectivity index is 1.49. The van der Waals surface area contributed by atoms with Crippen molar-refractivity contribution in [3.05, 3.63) is 21.4 Å². The summed E-state index contributed by atoms with van der Waals surface area (Å²) in [6, 6.07) is 2.17. The second-order valence-corrected chi connectivity index (χ2v) is 7.78. The third kappa shape index (κ3) is 2.09. The van der Waals surface area contributed by atoms with Crippen molar-refractivity contribution in [1.29, 1.82) is 0 Å². The summed E-state index contributed by atoms with van der Waals surface area (Å²) in [6.45, 7) is 4.18. The largest absolute Gasteiger partial charge is 0.337 e. The van der Waals surface area contributed by atoms with Crippen LogP contribution in [0.25, 0.3) is 0 Å². The number of hydrogen-bond acceptors (Lipinski definition) is 3. The van der Waals surface area contributed by atoms with Crippen LogP contribution in [0, 0.1) is 5.41 Å². The smallest absolute Gasteiger partial charge is 0.263 e. The summed E-state index contributed by atoms with van der Waals surface area (Å²) in [4.78, 5) is 17.3. The minimum atomic E-state index is 0.291. The van der Waals surface area contributed by atoms with Crippen molar-refractivity contribution in [1.82, 2.24) is 10.2 Å². The highest BCUT2D eigenvalue weighted by Crippen LogP contribution is 2.40. The summed E-state index contributed by atoms with van der Waals surface area (Å²) in [5.74, 6) is 0.291. The monoisotopic (exact) mass is 290 g/mol. The van der Waals surface area contributed by atoms with Crippen LogP contribution in [0.2, 0.25) is 0 Å². The molecule has 1 aliphatic carbocycles. The van der Waals surface area contributed by atoms with E-state index in [1.165, 1.54) is 49.0 Å². The highest BCUT2D eigenvalue weighted by atomic mass is 32.1. The Hall–Kier alpha value is -0.870. The van der Waals surface area contributed by atoms with Gasteiger partial charge in [-0.1, -0.05) is 0 Å². The zero-order valence-corrected chi connectivity index (χ0v) is 12.7. The van der Waals surface area contributed by atoms with Gasteiger partial charge in [0.05, 0.1) is 4.88 Å². The standard InChI is InChI=1S/C16H22N2OS/c19-15(14-10-12-2-1-3-13(12)20-14)18-9-6-16(11-18)4-7-17-8-5-16/h10,17H,1-9,11H2. The van der Waals surface area contributed by atoms with Gasteiger partial charge in [-0.2, -0.15) is 0 Å². The van der Waals surface area contributed by atoms with Crippen LogP contribution in [-0.2, 0) is 12.8 Å². The molecule has 0 atom stereocenters. The quantitative estimate of drug-likeness (QED) is 0.861. The van der Waals surface area contributed by atoms with E-state index in [2.05, 4.69) is 16.3 Å². The fourth-order valence-electron chi connectivity index (χ4n) is 4.06. The van der Waals surface area contributed by atoms with Gasteiger partial charge >= 0.3 is 0 Å². The van der Waals surface area contributed by atoms with Gasteiger partial charge in [-0.25, -0.2) is 0 Å². The number of rotatable bonds is 1. The number of fused-ring (bicyclic) bond motifs is 1. The number of amides is 1. The molecule has 0 aromatic carbocycles. The van der Waals surface area contributed by atoms with E-state index in [1.807, 2.05) is 0 Å². The van der Waals surface area contributed by atoms with Crippen molar-refractivity contribution in [3.8, 4) is 0 Å². The number of carbonyl (C=O) groups is 1. The van der Waals surface area contributed by atoms with E-state index >= 15 is 0 Å². The molecule has 0 saturated carbocycles. The molecule has 2 aliphatic heterocycles. The van der Waals surface area contributed by atoms with Crippen LogP contribution in [0.3, 0.4) is 0 Å². The number of hydrogen-bond donors (Lipinski definition) is 1. The number of carbonyl (C=O) groups excluding carboxylic acids is 1. The molecule has 4 rings (SSSR count). The van der Waals surface area contributed by atoms with Crippen molar-refractivity contribution < 1.29 is 4.79 Å². The molecule has 4 heteroatoms. The third-order valence-electron chi connectivity index (χ3n) is 5.35. The van der Waals surface area contributed by atoms with Gasteiger partial charge < -0.3 is 10.2 Å². The first-order valence-corrected chi connectivity index (χ1v) is 8.69. The summed E-state index contributed by atoms with van der Waals surface area (Å²) in [5.41, 5.74) is 1.86. The van der Waals surface area contributed by atoms with Crippen LogP contribution in [0.15, 0.2) is 6.07 Å². The minimum absolute atomic E-state index is 0.291. The first-order valence-electron chi connectivity index (χ1n) is 7.87. The molecule has 0 bridgehead atoms. The van der Waals surface area contributed by atoms with Gasteiger partial charge in [0, 0.05) is 18.0 Å². The van der Waals surface area contributed by atoms with Crippen LogP contribution in [-0.4, -0.2) is 37.0 Å². The summed E-state index contributed by atoms with van der Waals surface area (Å²) in [5, 5.41) is 3.44. The number of nitrogens with zero attached hydrogens (tertiary/aromatic N) is 1. The molecular formula is C16H22N2OS. The van der Waals surface area contributed by atoms with Gasteiger partial charge in [0.25, 0.3) is 5.91 Å². The van der Waals surface area contributed by atoms with E-state index < -0.39 is 0 Å². The molecule has 1 aromatic heterocycles. The fourth-order valence-corrected chi connectivity index (χ4v) is 5.29. The molecule has 0 radical (unpaired) electrons. The van der Waals surface area contributed by atoms with E-state index in [1.54, 1.807) is 11.3 Å². The third-order valence-corrected chi connectivity index (χ3v) is 6.57. The Morgan fingerprint density at radius 3 is 2.90 bits per heavy atom. The van der Waals surface area contributed by atoms with E-state index in [9.17, 15) is 4.79 Å². The first-order chi connectivity index (χ1) is 9.76. The Morgan fingerprint density at radius 1 is 1.25 bits per heavy atom. The average Bonchev–Trinajstić information content (AvgIpc) is 3.13. The summed E-state index contributed by atoms with van der Waals surface area (Å²) in [6.07, 6.45) is 7.30. The zero-order valence-electron chi connectivity index (χ0n) is 11.9. The van der Waals surface area contributed by atoms with Gasteiger partial charge in [-0.3, -0.25) is 4.79 Å². The maximum atomic E-state index is 12.7. The highest BCUT2D eigenvalue weighted by Gasteiger charge is 2.41. The summed E-state index contributed by atoms with van der Waals surface area (Å²) < 4.78 is 0. The number of nitrogens with one attached hydrogen (secondary N) is 1. The first kappa shape index (κ1) is 12.8. The molecule has 2 saturated heterocycles. The Bertz CT molecular complexity index is 509. The lowest BCUT2D eigenvalue weighted by Crippen LogP contribution is -2.39. The van der Waals surface area contributed by atoms with Crippen LogP contribution < -0.4 is 5.32 Å². The maximum absolute atomic E-state index is 12.7. The number of piperidine rings is 1. The molecule has 1 N–H and O–H groups in total. The van der Waals surface area contributed by atoms with Gasteiger partial charge in [0.2, 0.25) is 0 Å². The van der Waals surface area contributed by atoms with Crippen LogP contribution in [0.5, 0.6) is 0 Å². The van der Waals surface area contributed by atoms with E-state index in [4.69, 9.17) is 0 Å². The van der Waals surface area contributed by atoms with Gasteiger partial charge in [0.1, 0.15) is 0 Å². The summed E-state index contributed by atoms with van der Waals surface area (Å²) in [7, 11) is 0. The van der Waals surface area contributed by atoms with E-state index in [0.29, 0.717) is 11.3 Å². The molecule has 108 valence electrons. The van der Waals surface area contributed by atoms with Crippen LogP contribution >= 0.6 is 11.3 Å².